The maximum Gasteiger partial charge on any atom is 0.396 e. The van der Waals surface area contributed by atoms with E-state index < -0.39 is 11.9 Å². The molecule has 1 atom stereocenters. The Labute approximate surface area is 117 Å². The van der Waals surface area contributed by atoms with Gasteiger partial charge in [0, 0.05) is 12.0 Å². The van der Waals surface area contributed by atoms with Gasteiger partial charge in [-0.1, -0.05) is 0 Å². The molecule has 1 aromatic rings. The van der Waals surface area contributed by atoms with Gasteiger partial charge in [0.15, 0.2) is 0 Å². The second-order valence-corrected chi connectivity index (χ2v) is 4.35. The largest absolute Gasteiger partial charge is 0.497 e. The fraction of sp³-hybridized carbons (Fsp3) is 0.429. The zero-order chi connectivity index (χ0) is 14.5. The van der Waals surface area contributed by atoms with E-state index in [1.54, 1.807) is 14.0 Å². The molecule has 1 amide bonds. The lowest BCUT2D eigenvalue weighted by molar-refractivity contribution is -0.154. The standard InChI is InChI=1S/C14H17NO5/c1-3-19-14(17)13(16)15-8-11-7-9-6-10(18-2)4-5-12(9)20-11/h4-6,11H,3,7-8H2,1-2H3,(H,15,16)/t11-/m0/s1. The fourth-order valence-corrected chi connectivity index (χ4v) is 2.01. The number of ether oxygens (including phenoxy) is 3. The Balaban J connectivity index is 1.86. The monoisotopic (exact) mass is 279 g/mol. The molecule has 0 unspecified atom stereocenters. The third-order valence-corrected chi connectivity index (χ3v) is 2.96. The van der Waals surface area contributed by atoms with Gasteiger partial charge in [-0.15, -0.1) is 0 Å². The molecule has 1 N–H and O–H groups in total. The van der Waals surface area contributed by atoms with Gasteiger partial charge in [0.1, 0.15) is 17.6 Å². The van der Waals surface area contributed by atoms with Crippen LogP contribution in [0.1, 0.15) is 12.5 Å². The van der Waals surface area contributed by atoms with Crippen molar-refractivity contribution in [2.75, 3.05) is 20.3 Å². The number of hydrogen-bond donors (Lipinski definition) is 1. The molecule has 1 aliphatic rings. The van der Waals surface area contributed by atoms with Crippen LogP contribution in [0.3, 0.4) is 0 Å². The molecule has 0 saturated carbocycles. The Morgan fingerprint density at radius 3 is 2.95 bits per heavy atom. The highest BCUT2D eigenvalue weighted by Gasteiger charge is 2.25. The summed E-state index contributed by atoms with van der Waals surface area (Å²) in [5.41, 5.74) is 1.03. The molecule has 0 aromatic heterocycles. The molecule has 0 radical (unpaired) electrons. The molecule has 6 heteroatoms. The quantitative estimate of drug-likeness (QED) is 0.648. The maximum atomic E-state index is 11.4. The first-order chi connectivity index (χ1) is 9.63. The van der Waals surface area contributed by atoms with Gasteiger partial charge in [0.2, 0.25) is 0 Å². The van der Waals surface area contributed by atoms with Gasteiger partial charge in [-0.2, -0.15) is 0 Å². The van der Waals surface area contributed by atoms with E-state index in [0.29, 0.717) is 6.42 Å². The van der Waals surface area contributed by atoms with E-state index >= 15 is 0 Å². The third kappa shape index (κ3) is 3.20. The first-order valence-corrected chi connectivity index (χ1v) is 6.42. The summed E-state index contributed by atoms with van der Waals surface area (Å²) in [5.74, 6) is -0.0709. The molecule has 1 heterocycles. The van der Waals surface area contributed by atoms with E-state index in [-0.39, 0.29) is 19.3 Å². The van der Waals surface area contributed by atoms with Crippen molar-refractivity contribution in [1.29, 1.82) is 0 Å². The molecule has 20 heavy (non-hydrogen) atoms. The van der Waals surface area contributed by atoms with Gasteiger partial charge < -0.3 is 19.5 Å². The van der Waals surface area contributed by atoms with Crippen LogP contribution in [0.2, 0.25) is 0 Å². The molecule has 1 aliphatic heterocycles. The van der Waals surface area contributed by atoms with Crippen molar-refractivity contribution < 1.29 is 23.8 Å². The van der Waals surface area contributed by atoms with Crippen molar-refractivity contribution in [3.63, 3.8) is 0 Å². The van der Waals surface area contributed by atoms with Crippen LogP contribution >= 0.6 is 0 Å². The molecule has 6 nitrogen and oxygen atoms in total. The summed E-state index contributed by atoms with van der Waals surface area (Å²) in [6.07, 6.45) is 0.478. The molecular formula is C14H17NO5. The average molecular weight is 279 g/mol. The summed E-state index contributed by atoms with van der Waals surface area (Å²) >= 11 is 0. The van der Waals surface area contributed by atoms with Crippen molar-refractivity contribution >= 4 is 11.9 Å². The Kier molecular flexibility index (Phi) is 4.45. The number of rotatable bonds is 4. The predicted octanol–water partition coefficient (Wildman–Crippen LogP) is 0.678. The highest BCUT2D eigenvalue weighted by Crippen LogP contribution is 2.31. The van der Waals surface area contributed by atoms with Crippen LogP contribution in [0.15, 0.2) is 18.2 Å². The summed E-state index contributed by atoms with van der Waals surface area (Å²) in [7, 11) is 1.61. The van der Waals surface area contributed by atoms with Gasteiger partial charge >= 0.3 is 11.9 Å². The van der Waals surface area contributed by atoms with Crippen LogP contribution in [0, 0.1) is 0 Å². The van der Waals surface area contributed by atoms with Crippen molar-refractivity contribution in [1.82, 2.24) is 5.32 Å². The number of benzene rings is 1. The fourth-order valence-electron chi connectivity index (χ4n) is 2.01. The molecule has 0 spiro atoms. The molecule has 0 saturated heterocycles. The average Bonchev–Trinajstić information content (AvgIpc) is 2.86. The summed E-state index contributed by atoms with van der Waals surface area (Å²) in [6, 6.07) is 5.56. The van der Waals surface area contributed by atoms with Gasteiger partial charge in [0.25, 0.3) is 0 Å². The lowest BCUT2D eigenvalue weighted by Crippen LogP contribution is -2.39. The minimum atomic E-state index is -0.871. The number of amides is 1. The minimum Gasteiger partial charge on any atom is -0.497 e. The van der Waals surface area contributed by atoms with E-state index in [4.69, 9.17) is 9.47 Å². The number of esters is 1. The second-order valence-electron chi connectivity index (χ2n) is 4.35. The first-order valence-electron chi connectivity index (χ1n) is 6.42. The van der Waals surface area contributed by atoms with E-state index in [1.165, 1.54) is 0 Å². The normalized spacial score (nSPS) is 16.0. The predicted molar refractivity (Wildman–Crippen MR) is 70.8 cm³/mol. The van der Waals surface area contributed by atoms with E-state index in [0.717, 1.165) is 17.1 Å². The van der Waals surface area contributed by atoms with Crippen molar-refractivity contribution in [3.8, 4) is 11.5 Å². The number of carbonyl (C=O) groups is 2. The number of nitrogens with one attached hydrogen (secondary N) is 1. The minimum absolute atomic E-state index is 0.178. The smallest absolute Gasteiger partial charge is 0.396 e. The van der Waals surface area contributed by atoms with Crippen LogP contribution in [0.4, 0.5) is 0 Å². The summed E-state index contributed by atoms with van der Waals surface area (Å²) < 4.78 is 15.4. The van der Waals surface area contributed by atoms with E-state index in [9.17, 15) is 9.59 Å². The number of methoxy groups -OCH3 is 1. The lowest BCUT2D eigenvalue weighted by atomic mass is 10.1. The zero-order valence-corrected chi connectivity index (χ0v) is 11.5. The van der Waals surface area contributed by atoms with Crippen molar-refractivity contribution in [2.24, 2.45) is 0 Å². The molecular weight excluding hydrogens is 262 g/mol. The van der Waals surface area contributed by atoms with Crippen LogP contribution in [-0.2, 0) is 20.7 Å². The van der Waals surface area contributed by atoms with Gasteiger partial charge in [-0.25, -0.2) is 4.79 Å². The van der Waals surface area contributed by atoms with Crippen LogP contribution in [-0.4, -0.2) is 38.2 Å². The molecule has 0 aliphatic carbocycles. The maximum absolute atomic E-state index is 11.4. The van der Waals surface area contributed by atoms with Gasteiger partial charge in [0.05, 0.1) is 20.3 Å². The van der Waals surface area contributed by atoms with Gasteiger partial charge in [-0.05, 0) is 25.1 Å². The van der Waals surface area contributed by atoms with Crippen LogP contribution in [0.25, 0.3) is 0 Å². The summed E-state index contributed by atoms with van der Waals surface area (Å²) in [6.45, 7) is 2.08. The van der Waals surface area contributed by atoms with Crippen LogP contribution < -0.4 is 14.8 Å². The molecule has 2 rings (SSSR count). The first kappa shape index (κ1) is 14.2. The Hall–Kier alpha value is -2.24. The molecule has 0 bridgehead atoms. The number of fused-ring (bicyclic) bond motifs is 1. The second kappa shape index (κ2) is 6.27. The Bertz CT molecular complexity index is 514. The number of hydrogen-bond acceptors (Lipinski definition) is 5. The third-order valence-electron chi connectivity index (χ3n) is 2.96. The SMILES string of the molecule is CCOC(=O)C(=O)NC[C@@H]1Cc2cc(OC)ccc2O1. The van der Waals surface area contributed by atoms with Crippen molar-refractivity contribution in [2.45, 2.75) is 19.4 Å². The summed E-state index contributed by atoms with van der Waals surface area (Å²) in [5, 5.41) is 2.50. The summed E-state index contributed by atoms with van der Waals surface area (Å²) in [4.78, 5) is 22.6. The topological polar surface area (TPSA) is 73.9 Å². The molecule has 1 aromatic carbocycles. The highest BCUT2D eigenvalue weighted by molar-refractivity contribution is 6.32. The van der Waals surface area contributed by atoms with E-state index in [2.05, 4.69) is 10.1 Å². The lowest BCUT2D eigenvalue weighted by Gasteiger charge is -2.11. The molecule has 108 valence electrons. The zero-order valence-electron chi connectivity index (χ0n) is 11.5. The van der Waals surface area contributed by atoms with Gasteiger partial charge in [-0.3, -0.25) is 4.79 Å². The Morgan fingerprint density at radius 2 is 2.25 bits per heavy atom. The molecule has 0 fully saturated rings. The number of carbonyl (C=O) groups excluding carboxylic acids is 2. The van der Waals surface area contributed by atoms with E-state index in [1.807, 2.05) is 18.2 Å². The van der Waals surface area contributed by atoms with Crippen molar-refractivity contribution in [3.05, 3.63) is 23.8 Å². The highest BCUT2D eigenvalue weighted by atomic mass is 16.5. The Morgan fingerprint density at radius 1 is 1.45 bits per heavy atom. The van der Waals surface area contributed by atoms with Crippen LogP contribution in [0.5, 0.6) is 11.5 Å².